The second-order valence-electron chi connectivity index (χ2n) is 16.1. The average molecular weight is 769 g/mol. The molecule has 5 N–H and O–H groups in total. The van der Waals surface area contributed by atoms with Gasteiger partial charge in [0, 0.05) is 75.1 Å². The van der Waals surface area contributed by atoms with E-state index < -0.39 is 17.9 Å². The molecular weight excluding hydrogens is 725 g/mol. The van der Waals surface area contributed by atoms with Gasteiger partial charge in [-0.1, -0.05) is 18.2 Å². The highest BCUT2D eigenvalue weighted by molar-refractivity contribution is 6.04. The normalized spacial score (nSPS) is 24.2. The highest BCUT2D eigenvalue weighted by Crippen LogP contribution is 2.47. The van der Waals surface area contributed by atoms with Crippen molar-refractivity contribution in [2.24, 2.45) is 11.8 Å². The SMILES string of the molecule is Nc1ncnc2c1c(-c1ccc(Oc3ccccc3)cc1)nn2C1CC2CN(C3CN(C4CN(c5ccc(C(=O)NC6CCC(=O)NC6=O)c(O)c5)C4)C3)CC2C1. The maximum Gasteiger partial charge on any atom is 0.255 e. The number of aromatic hydroxyl groups is 1. The summed E-state index contributed by atoms with van der Waals surface area (Å²) in [5.41, 5.74) is 9.94. The van der Waals surface area contributed by atoms with E-state index in [4.69, 9.17) is 15.6 Å². The first-order chi connectivity index (χ1) is 27.7. The molecule has 15 nitrogen and oxygen atoms in total. The molecule has 1 aliphatic carbocycles. The van der Waals surface area contributed by atoms with Crippen LogP contribution in [-0.2, 0) is 9.59 Å². The average Bonchev–Trinajstić information content (AvgIpc) is 3.87. The molecule has 2 aromatic heterocycles. The second-order valence-corrected chi connectivity index (χ2v) is 16.1. The molecule has 0 radical (unpaired) electrons. The first-order valence-electron chi connectivity index (χ1n) is 19.8. The molecule has 6 heterocycles. The summed E-state index contributed by atoms with van der Waals surface area (Å²) < 4.78 is 8.12. The van der Waals surface area contributed by atoms with Crippen LogP contribution in [0.25, 0.3) is 22.3 Å². The zero-order valence-corrected chi connectivity index (χ0v) is 31.3. The van der Waals surface area contributed by atoms with Gasteiger partial charge in [0.15, 0.2) is 5.65 Å². The number of nitrogen functional groups attached to an aromatic ring is 1. The molecule has 15 heteroatoms. The lowest BCUT2D eigenvalue weighted by atomic mass is 9.97. The summed E-state index contributed by atoms with van der Waals surface area (Å²) in [5.74, 6) is 1.64. The molecule has 4 aliphatic heterocycles. The fourth-order valence-corrected chi connectivity index (χ4v) is 9.45. The largest absolute Gasteiger partial charge is 0.507 e. The number of nitrogens with two attached hydrogens (primary N) is 1. The molecule has 5 fully saturated rings. The van der Waals surface area contributed by atoms with Crippen molar-refractivity contribution < 1.29 is 24.2 Å². The molecule has 57 heavy (non-hydrogen) atoms. The summed E-state index contributed by atoms with van der Waals surface area (Å²) in [7, 11) is 0. The number of phenols is 1. The number of carbonyl (C=O) groups excluding carboxylic acids is 3. The number of hydrogen-bond donors (Lipinski definition) is 4. The Kier molecular flexibility index (Phi) is 8.78. The molecule has 0 spiro atoms. The predicted molar refractivity (Wildman–Crippen MR) is 212 cm³/mol. The Morgan fingerprint density at radius 1 is 0.842 bits per heavy atom. The molecule has 1 saturated carbocycles. The summed E-state index contributed by atoms with van der Waals surface area (Å²) in [4.78, 5) is 52.7. The van der Waals surface area contributed by atoms with Crippen molar-refractivity contribution >= 4 is 40.3 Å². The Bertz CT molecular complexity index is 2340. The quantitative estimate of drug-likeness (QED) is 0.160. The third kappa shape index (κ3) is 6.59. The van der Waals surface area contributed by atoms with Crippen molar-refractivity contribution in [3.63, 3.8) is 0 Å². The summed E-state index contributed by atoms with van der Waals surface area (Å²) in [6.45, 7) is 6.05. The number of hydrogen-bond acceptors (Lipinski definition) is 12. The molecule has 10 rings (SSSR count). The molecule has 3 atom stereocenters. The first kappa shape index (κ1) is 35.4. The monoisotopic (exact) mass is 768 g/mol. The summed E-state index contributed by atoms with van der Waals surface area (Å²) >= 11 is 0. The fraction of sp³-hybridized carbons (Fsp3) is 0.381. The van der Waals surface area contributed by atoms with E-state index in [9.17, 15) is 19.5 Å². The number of phenolic OH excluding ortho intramolecular Hbond substituents is 1. The van der Waals surface area contributed by atoms with E-state index in [0.29, 0.717) is 29.7 Å². The van der Waals surface area contributed by atoms with Gasteiger partial charge < -0.3 is 25.8 Å². The van der Waals surface area contributed by atoms with Crippen LogP contribution in [0.5, 0.6) is 17.2 Å². The van der Waals surface area contributed by atoms with Crippen LogP contribution in [0.15, 0.2) is 79.1 Å². The molecule has 5 aliphatic rings. The zero-order valence-electron chi connectivity index (χ0n) is 31.3. The third-order valence-corrected chi connectivity index (χ3v) is 12.6. The highest BCUT2D eigenvalue weighted by Gasteiger charge is 2.48. The number of piperidine rings is 1. The van der Waals surface area contributed by atoms with Gasteiger partial charge in [0.05, 0.1) is 17.0 Å². The molecule has 5 aromatic rings. The van der Waals surface area contributed by atoms with Crippen LogP contribution in [0.4, 0.5) is 11.5 Å². The maximum absolute atomic E-state index is 12.8. The number of para-hydroxylation sites is 1. The standard InChI is InChI=1S/C42H44N10O5/c43-39-37-38(24-6-9-32(10-7-24)57-31-4-2-1-3-5-31)48-52(40(37)45-23-44-39)28-14-25-17-49(18-26(25)15-28)29-21-51(22-29)30-19-50(20-30)27-8-11-33(35(53)16-27)41(55)46-34-12-13-36(54)47-42(34)56/h1-11,16,23,25-26,28-30,34,53H,12-15,17-22H2,(H,46,55)(H2,43,44,45)(H,47,54,56). The summed E-state index contributed by atoms with van der Waals surface area (Å²) in [6, 6.07) is 23.2. The van der Waals surface area contributed by atoms with E-state index in [0.717, 1.165) is 91.6 Å². The van der Waals surface area contributed by atoms with Crippen molar-refractivity contribution in [3.05, 3.63) is 84.7 Å². The number of carbonyl (C=O) groups is 3. The number of imide groups is 1. The third-order valence-electron chi connectivity index (χ3n) is 12.6. The molecule has 4 saturated heterocycles. The predicted octanol–water partition coefficient (Wildman–Crippen LogP) is 3.56. The van der Waals surface area contributed by atoms with Crippen LogP contribution in [0.2, 0.25) is 0 Å². The van der Waals surface area contributed by atoms with E-state index >= 15 is 0 Å². The number of aromatic nitrogens is 4. The fourth-order valence-electron chi connectivity index (χ4n) is 9.45. The lowest BCUT2D eigenvalue weighted by Crippen LogP contribution is -2.69. The summed E-state index contributed by atoms with van der Waals surface area (Å²) in [5, 5.41) is 21.5. The number of amides is 3. The van der Waals surface area contributed by atoms with Crippen molar-refractivity contribution in [2.45, 2.75) is 49.9 Å². The van der Waals surface area contributed by atoms with Gasteiger partial charge in [0.1, 0.15) is 41.1 Å². The number of nitrogens with one attached hydrogen (secondary N) is 2. The lowest BCUT2D eigenvalue weighted by Gasteiger charge is -2.54. The Hall–Kier alpha value is -6.06. The number of fused-ring (bicyclic) bond motifs is 2. The molecule has 3 unspecified atom stereocenters. The highest BCUT2D eigenvalue weighted by atomic mass is 16.5. The van der Waals surface area contributed by atoms with E-state index in [1.165, 1.54) is 6.33 Å². The lowest BCUT2D eigenvalue weighted by molar-refractivity contribution is -0.134. The molecule has 292 valence electrons. The minimum absolute atomic E-state index is 0.102. The van der Waals surface area contributed by atoms with Gasteiger partial charge >= 0.3 is 0 Å². The Balaban J connectivity index is 0.719. The smallest absolute Gasteiger partial charge is 0.255 e. The first-order valence-corrected chi connectivity index (χ1v) is 19.8. The summed E-state index contributed by atoms with van der Waals surface area (Å²) in [6.07, 6.45) is 4.05. The van der Waals surface area contributed by atoms with Crippen molar-refractivity contribution in [1.29, 1.82) is 0 Å². The molecule has 3 aromatic carbocycles. The van der Waals surface area contributed by atoms with E-state index in [1.54, 1.807) is 12.1 Å². The number of rotatable bonds is 9. The van der Waals surface area contributed by atoms with Crippen molar-refractivity contribution in [3.8, 4) is 28.5 Å². The maximum atomic E-state index is 12.8. The van der Waals surface area contributed by atoms with Crippen LogP contribution >= 0.6 is 0 Å². The van der Waals surface area contributed by atoms with Crippen LogP contribution in [0, 0.1) is 11.8 Å². The van der Waals surface area contributed by atoms with Gasteiger partial charge in [-0.2, -0.15) is 5.10 Å². The molecule has 3 amide bonds. The van der Waals surface area contributed by atoms with Gasteiger partial charge in [-0.15, -0.1) is 0 Å². The van der Waals surface area contributed by atoms with Gasteiger partial charge in [-0.3, -0.25) is 29.5 Å². The van der Waals surface area contributed by atoms with Crippen molar-refractivity contribution in [2.75, 3.05) is 49.9 Å². The van der Waals surface area contributed by atoms with Gasteiger partial charge in [-0.25, -0.2) is 14.6 Å². The topological polar surface area (TPSA) is 184 Å². The van der Waals surface area contributed by atoms with Crippen molar-refractivity contribution in [1.82, 2.24) is 40.2 Å². The number of benzene rings is 3. The number of anilines is 2. The van der Waals surface area contributed by atoms with Crippen LogP contribution in [0.3, 0.4) is 0 Å². The Morgan fingerprint density at radius 3 is 2.26 bits per heavy atom. The van der Waals surface area contributed by atoms with Gasteiger partial charge in [-0.05, 0) is 79.6 Å². The Labute approximate surface area is 328 Å². The molecular formula is C42H44N10O5. The minimum atomic E-state index is -0.799. The van der Waals surface area contributed by atoms with Gasteiger partial charge in [0.2, 0.25) is 11.8 Å². The number of ether oxygens (including phenoxy) is 1. The van der Waals surface area contributed by atoms with Crippen LogP contribution in [0.1, 0.15) is 42.1 Å². The van der Waals surface area contributed by atoms with Crippen LogP contribution in [-0.4, -0.2) is 110 Å². The van der Waals surface area contributed by atoms with Gasteiger partial charge in [0.25, 0.3) is 5.91 Å². The minimum Gasteiger partial charge on any atom is -0.507 e. The molecule has 0 bridgehead atoms. The Morgan fingerprint density at radius 2 is 1.54 bits per heavy atom. The number of nitrogens with zero attached hydrogens (tertiary/aromatic N) is 7. The van der Waals surface area contributed by atoms with E-state index in [1.807, 2.05) is 60.7 Å². The zero-order chi connectivity index (χ0) is 38.8. The number of likely N-dealkylation sites (tertiary alicyclic amines) is 2. The van der Waals surface area contributed by atoms with Crippen LogP contribution < -0.4 is 26.0 Å². The van der Waals surface area contributed by atoms with E-state index in [2.05, 4.69) is 40.0 Å². The second kappa shape index (κ2) is 14.2. The van der Waals surface area contributed by atoms with E-state index in [-0.39, 0.29) is 36.1 Å².